The van der Waals surface area contributed by atoms with Crippen molar-refractivity contribution >= 4 is 5.78 Å². The van der Waals surface area contributed by atoms with Crippen molar-refractivity contribution in [1.29, 1.82) is 0 Å². The number of carbonyl (C=O) groups is 1. The Morgan fingerprint density at radius 2 is 0.892 bits per heavy atom. The van der Waals surface area contributed by atoms with E-state index >= 15 is 0 Å². The van der Waals surface area contributed by atoms with Crippen LogP contribution in [0.1, 0.15) is 15.9 Å². The van der Waals surface area contributed by atoms with Crippen LogP contribution >= 0.6 is 0 Å². The summed E-state index contributed by atoms with van der Waals surface area (Å²) in [6, 6.07) is -0.466. The maximum absolute atomic E-state index is 14.1. The van der Waals surface area contributed by atoms with Gasteiger partial charge in [0.05, 0.1) is 0 Å². The van der Waals surface area contributed by atoms with Gasteiger partial charge in [0, 0.05) is 11.1 Å². The molecule has 0 aliphatic heterocycles. The van der Waals surface area contributed by atoms with Crippen molar-refractivity contribution in [2.45, 2.75) is 47.6 Å². The maximum atomic E-state index is 14.1. The molecule has 0 N–H and O–H groups in total. The Kier molecular flexibility index (Phi) is 9.61. The van der Waals surface area contributed by atoms with Gasteiger partial charge >= 0.3 is 77.2 Å². The summed E-state index contributed by atoms with van der Waals surface area (Å²) in [4.78, 5) is 11.3. The van der Waals surface area contributed by atoms with Gasteiger partial charge in [-0.3, -0.25) is 4.79 Å². The van der Waals surface area contributed by atoms with Crippen LogP contribution in [0, 0.1) is 0 Å². The fourth-order valence-electron chi connectivity index (χ4n) is 2.35. The third-order valence-electron chi connectivity index (χ3n) is 4.47. The smallest absolute Gasteiger partial charge is 0.878 e. The van der Waals surface area contributed by atoms with Gasteiger partial charge in [0.15, 0.2) is 5.78 Å². The molecule has 0 saturated carbocycles. The minimum atomic E-state index is -8.71. The molecule has 1 aromatic carbocycles. The summed E-state index contributed by atoms with van der Waals surface area (Å²) in [7, 11) is 0. The van der Waals surface area contributed by atoms with E-state index in [1.165, 1.54) is 0 Å². The summed E-state index contributed by atoms with van der Waals surface area (Å²) in [5, 5.41) is 10.1. The quantitative estimate of drug-likeness (QED) is 0.146. The molecular weight excluding hydrogens is 582 g/mol. The molecule has 20 heteroatoms. The van der Waals surface area contributed by atoms with Gasteiger partial charge in [-0.25, -0.2) is 0 Å². The van der Waals surface area contributed by atoms with E-state index in [9.17, 15) is 84.5 Å². The average Bonchev–Trinajstić information content (AvgIpc) is 2.72. The monoisotopic (exact) mass is 588 g/mol. The van der Waals surface area contributed by atoms with Gasteiger partial charge in [-0.15, -0.1) is 6.26 Å². The summed E-state index contributed by atoms with van der Waals surface area (Å²) in [6.07, 6.45) is -7.74. The molecule has 0 radical (unpaired) electrons. The first-order chi connectivity index (χ1) is 15.7. The Hall–Kier alpha value is -1.76. The Morgan fingerprint density at radius 1 is 0.568 bits per heavy atom. The van der Waals surface area contributed by atoms with Gasteiger partial charge in [0.1, 0.15) is 0 Å². The van der Waals surface area contributed by atoms with Gasteiger partial charge in [0.25, 0.3) is 0 Å². The number of carbonyl (C=O) groups excluding carboxylic acids is 1. The van der Waals surface area contributed by atoms with Crippen molar-refractivity contribution in [3.8, 4) is 0 Å². The molecule has 0 heterocycles. The third-order valence-corrected chi connectivity index (χ3v) is 4.47. The van der Waals surface area contributed by atoms with Crippen molar-refractivity contribution in [3.05, 3.63) is 47.7 Å². The normalized spacial score (nSPS) is 15.1. The van der Waals surface area contributed by atoms with Gasteiger partial charge in [0.2, 0.25) is 0 Å². The first kappa shape index (κ1) is 35.2. The van der Waals surface area contributed by atoms with Crippen LogP contribution in [-0.2, 0) is 5.92 Å². The third kappa shape index (κ3) is 5.02. The number of rotatable bonds is 9. The van der Waals surface area contributed by atoms with E-state index in [2.05, 4.69) is 0 Å². The van der Waals surface area contributed by atoms with Crippen molar-refractivity contribution in [1.82, 2.24) is 0 Å². The van der Waals surface area contributed by atoms with Crippen molar-refractivity contribution in [2.75, 3.05) is 0 Å². The summed E-state index contributed by atoms with van der Waals surface area (Å²) >= 11 is 0. The largest absolute Gasteiger partial charge is 1.00 e. The molecule has 0 spiro atoms. The van der Waals surface area contributed by atoms with Crippen LogP contribution in [0.3, 0.4) is 0 Å². The van der Waals surface area contributed by atoms with Crippen LogP contribution < -0.4 is 34.7 Å². The summed E-state index contributed by atoms with van der Waals surface area (Å²) in [5.74, 6) is -58.5. The van der Waals surface area contributed by atoms with E-state index in [4.69, 9.17) is 0 Å². The fraction of sp³-hybridized carbons (Fsp3) is 0.471. The van der Waals surface area contributed by atoms with Crippen LogP contribution in [0.15, 0.2) is 36.6 Å². The predicted molar refractivity (Wildman–Crippen MR) is 79.5 cm³/mol. The van der Waals surface area contributed by atoms with Crippen LogP contribution in [0.4, 0.5) is 74.6 Å². The van der Waals surface area contributed by atoms with E-state index in [1.54, 1.807) is 0 Å². The second kappa shape index (κ2) is 10.1. The van der Waals surface area contributed by atoms with Crippen molar-refractivity contribution < 1.29 is 114 Å². The van der Waals surface area contributed by atoms with E-state index < -0.39 is 64.5 Å². The Balaban J connectivity index is 0.0000130. The number of hydrogen-bond acceptors (Lipinski definition) is 2. The van der Waals surface area contributed by atoms with E-state index in [0.29, 0.717) is 0 Å². The van der Waals surface area contributed by atoms with Crippen molar-refractivity contribution in [3.63, 3.8) is 0 Å². The molecule has 2 nitrogen and oxygen atoms in total. The minimum absolute atomic E-state index is 0. The van der Waals surface area contributed by atoms with Crippen LogP contribution in [0.25, 0.3) is 0 Å². The zero-order valence-corrected chi connectivity index (χ0v) is 19.2. The Labute approximate surface area is 215 Å². The summed E-state index contributed by atoms with van der Waals surface area (Å²) in [5.41, 5.74) is -3.23. The number of hydrogen-bond donors (Lipinski definition) is 0. The zero-order chi connectivity index (χ0) is 29.0. The molecule has 0 fully saturated rings. The molecule has 0 bridgehead atoms. The summed E-state index contributed by atoms with van der Waals surface area (Å²) in [6.45, 7) is 0. The molecule has 0 atom stereocenters. The van der Waals surface area contributed by atoms with Gasteiger partial charge in [-0.05, 0) is 6.08 Å². The second-order valence-electron chi connectivity index (χ2n) is 6.76. The fourth-order valence-corrected chi connectivity index (χ4v) is 2.35. The number of halogens is 17. The van der Waals surface area contributed by atoms with Crippen LogP contribution in [-0.4, -0.2) is 47.5 Å². The maximum Gasteiger partial charge on any atom is 1.00 e. The Morgan fingerprint density at radius 3 is 1.22 bits per heavy atom. The number of allylic oxidation sites excluding steroid dienone is 1. The van der Waals surface area contributed by atoms with Gasteiger partial charge < -0.3 is 5.11 Å². The molecule has 0 aliphatic carbocycles. The van der Waals surface area contributed by atoms with E-state index in [-0.39, 0.29) is 66.2 Å². The molecule has 0 saturated heterocycles. The molecule has 1 aromatic rings. The Bertz CT molecular complexity index is 996. The second-order valence-corrected chi connectivity index (χ2v) is 6.76. The first-order valence-corrected chi connectivity index (χ1v) is 8.35. The van der Waals surface area contributed by atoms with Crippen LogP contribution in [0.5, 0.6) is 0 Å². The predicted octanol–water partition coefficient (Wildman–Crippen LogP) is 3.21. The SMILES string of the molecule is O=C(/C=C/[O-])c1ccc(C(F)(F)C(F)(F)C(F)(F)C(F)(F)C(F)(F)C(F)(F)C(F)(F)C(F)(F)F)cc1.[Na+]. The van der Waals surface area contributed by atoms with Gasteiger partial charge in [-0.1, -0.05) is 24.3 Å². The van der Waals surface area contributed by atoms with E-state index in [0.717, 1.165) is 0 Å². The average molecular weight is 588 g/mol. The first-order valence-electron chi connectivity index (χ1n) is 8.35. The molecule has 0 amide bonds. The molecule has 0 unspecified atom stereocenters. The van der Waals surface area contributed by atoms with E-state index in [1.807, 2.05) is 0 Å². The van der Waals surface area contributed by atoms with Gasteiger partial charge in [-0.2, -0.15) is 74.6 Å². The molecule has 206 valence electrons. The minimum Gasteiger partial charge on any atom is -0.878 e. The molecule has 37 heavy (non-hydrogen) atoms. The standard InChI is InChI=1S/C17H7F17O2.Na/c18-10(19,8-3-1-7(2-4-8)9(36)5-6-35)11(20,21)12(22,23)13(24,25)14(26,27)15(28,29)16(30,31)17(32,33)34;/h1-6,35H;/q;+1/p-1/b6-5+;. The molecular formula is C17H6F17NaO2. The van der Waals surface area contributed by atoms with Crippen LogP contribution in [0.2, 0.25) is 0 Å². The number of benzene rings is 1. The number of alkyl halides is 17. The molecule has 1 rings (SSSR count). The molecule has 0 aliphatic rings. The number of ketones is 1. The zero-order valence-electron chi connectivity index (χ0n) is 17.2. The topological polar surface area (TPSA) is 40.1 Å². The molecule has 0 aromatic heterocycles. The summed E-state index contributed by atoms with van der Waals surface area (Å²) < 4.78 is 225. The van der Waals surface area contributed by atoms with Crippen molar-refractivity contribution in [2.24, 2.45) is 0 Å².